The average Bonchev–Trinajstić information content (AvgIpc) is 2.84. The van der Waals surface area contributed by atoms with E-state index in [1.54, 1.807) is 0 Å². The molecule has 2 heterocycles. The second kappa shape index (κ2) is 11.9. The Bertz CT molecular complexity index is 1180. The van der Waals surface area contributed by atoms with Gasteiger partial charge in [0.2, 0.25) is 0 Å². The summed E-state index contributed by atoms with van der Waals surface area (Å²) in [5.41, 5.74) is 2.36. The number of halogens is 2. The number of aromatic nitrogens is 1. The first-order chi connectivity index (χ1) is 17.4. The van der Waals surface area contributed by atoms with Crippen molar-refractivity contribution in [2.75, 3.05) is 18.5 Å². The van der Waals surface area contributed by atoms with E-state index in [1.807, 2.05) is 6.07 Å². The summed E-state index contributed by atoms with van der Waals surface area (Å²) in [6.45, 7) is 1.18. The van der Waals surface area contributed by atoms with E-state index >= 15 is 0 Å². The molecule has 1 aliphatic heterocycles. The summed E-state index contributed by atoms with van der Waals surface area (Å²) in [5.74, 6) is -0.346. The Balaban J connectivity index is 1.19. The number of aliphatic carboxylic acids is 1. The summed E-state index contributed by atoms with van der Waals surface area (Å²) >= 11 is 12.2. The molecule has 1 aromatic heterocycles. The zero-order chi connectivity index (χ0) is 25.7. The number of carboxylic acid groups (broad SMARTS) is 1. The number of pyridine rings is 1. The van der Waals surface area contributed by atoms with Gasteiger partial charge < -0.3 is 20.5 Å². The maximum Gasteiger partial charge on any atom is 0.326 e. The first-order valence-electron chi connectivity index (χ1n) is 12.1. The smallest absolute Gasteiger partial charge is 0.326 e. The van der Waals surface area contributed by atoms with E-state index < -0.39 is 17.9 Å². The number of anilines is 1. The van der Waals surface area contributed by atoms with Crippen molar-refractivity contribution in [3.05, 3.63) is 56.7 Å². The standard InChI is InChI=1S/C26H28Cl2N4O4/c27-20-8-5-17(14-29)23(28)22(20)25(33)32-21(26(34)35)9-11-36-19-12-15(13-19)3-6-18-7-4-16-2-1-10-30-24(16)31-18/h4-5,7-8,15,19,21H,1-3,6,9-13H2,(H,30,31)(H,32,33)(H,34,35)/t15?,19?,21-/m0/s1. The number of hydrogen-bond donors (Lipinski definition) is 3. The Hall–Kier alpha value is -2.86. The van der Waals surface area contributed by atoms with Gasteiger partial charge in [0.25, 0.3) is 5.91 Å². The van der Waals surface area contributed by atoms with Crippen molar-refractivity contribution >= 4 is 40.9 Å². The normalized spacial score (nSPS) is 19.2. The molecular formula is C26H28Cl2N4O4. The quantitative estimate of drug-likeness (QED) is 0.409. The number of carboxylic acids is 1. The zero-order valence-corrected chi connectivity index (χ0v) is 21.2. The lowest BCUT2D eigenvalue weighted by molar-refractivity contribution is -0.140. The molecule has 10 heteroatoms. The number of rotatable bonds is 10. The minimum absolute atomic E-state index is 0.0410. The van der Waals surface area contributed by atoms with Crippen LogP contribution in [0.1, 0.15) is 59.3 Å². The van der Waals surface area contributed by atoms with Crippen LogP contribution in [-0.4, -0.2) is 47.3 Å². The van der Waals surface area contributed by atoms with Crippen LogP contribution in [-0.2, 0) is 22.4 Å². The highest BCUT2D eigenvalue weighted by atomic mass is 35.5. The molecule has 4 rings (SSSR count). The van der Waals surface area contributed by atoms with E-state index in [1.165, 1.54) is 17.7 Å². The third-order valence-electron chi connectivity index (χ3n) is 6.76. The van der Waals surface area contributed by atoms with Crippen LogP contribution in [0.15, 0.2) is 24.3 Å². The molecule has 2 aromatic rings. The van der Waals surface area contributed by atoms with Crippen LogP contribution >= 0.6 is 23.2 Å². The van der Waals surface area contributed by atoms with Crippen LogP contribution in [0, 0.1) is 17.2 Å². The minimum atomic E-state index is -1.19. The van der Waals surface area contributed by atoms with E-state index in [4.69, 9.17) is 38.2 Å². The SMILES string of the molecule is N#Cc1ccc(Cl)c(C(=O)N[C@@H](CCOC2CC(CCc3ccc4c(n3)NCCC4)C2)C(=O)O)c1Cl. The number of carbonyl (C=O) groups excluding carboxylic acids is 1. The van der Waals surface area contributed by atoms with E-state index in [0.29, 0.717) is 5.92 Å². The summed E-state index contributed by atoms with van der Waals surface area (Å²) in [7, 11) is 0. The number of carbonyl (C=O) groups is 2. The first-order valence-corrected chi connectivity index (χ1v) is 12.9. The fourth-order valence-electron chi connectivity index (χ4n) is 4.59. The molecule has 0 spiro atoms. The predicted molar refractivity (Wildman–Crippen MR) is 137 cm³/mol. The lowest BCUT2D eigenvalue weighted by atomic mass is 9.79. The Morgan fingerprint density at radius 3 is 2.83 bits per heavy atom. The van der Waals surface area contributed by atoms with Crippen LogP contribution in [0.4, 0.5) is 5.82 Å². The summed E-state index contributed by atoms with van der Waals surface area (Å²) in [6, 6.07) is 7.78. The number of nitriles is 1. The van der Waals surface area contributed by atoms with Gasteiger partial charge in [-0.2, -0.15) is 5.26 Å². The Morgan fingerprint density at radius 1 is 1.28 bits per heavy atom. The van der Waals surface area contributed by atoms with Gasteiger partial charge >= 0.3 is 5.97 Å². The molecule has 1 atom stereocenters. The van der Waals surface area contributed by atoms with Gasteiger partial charge in [0.15, 0.2) is 0 Å². The van der Waals surface area contributed by atoms with Crippen molar-refractivity contribution < 1.29 is 19.4 Å². The van der Waals surface area contributed by atoms with E-state index in [9.17, 15) is 14.7 Å². The van der Waals surface area contributed by atoms with Crippen LogP contribution in [0.2, 0.25) is 10.0 Å². The summed E-state index contributed by atoms with van der Waals surface area (Å²) in [5, 5.41) is 24.4. The largest absolute Gasteiger partial charge is 0.480 e. The summed E-state index contributed by atoms with van der Waals surface area (Å²) in [4.78, 5) is 29.1. The number of ether oxygens (including phenoxy) is 1. The molecule has 36 heavy (non-hydrogen) atoms. The molecule has 0 radical (unpaired) electrons. The van der Waals surface area contributed by atoms with Crippen LogP contribution in [0.5, 0.6) is 0 Å². The molecule has 1 saturated carbocycles. The zero-order valence-electron chi connectivity index (χ0n) is 19.7. The molecule has 1 aliphatic carbocycles. The lowest BCUT2D eigenvalue weighted by Crippen LogP contribution is -2.42. The third-order valence-corrected chi connectivity index (χ3v) is 7.46. The molecule has 2 aliphatic rings. The third kappa shape index (κ3) is 6.28. The van der Waals surface area contributed by atoms with Gasteiger partial charge in [-0.25, -0.2) is 9.78 Å². The first kappa shape index (κ1) is 26.2. The topological polar surface area (TPSA) is 124 Å². The Morgan fingerprint density at radius 2 is 2.08 bits per heavy atom. The molecule has 3 N–H and O–H groups in total. The highest BCUT2D eigenvalue weighted by molar-refractivity contribution is 6.40. The number of amides is 1. The van der Waals surface area contributed by atoms with E-state index in [0.717, 1.165) is 56.6 Å². The minimum Gasteiger partial charge on any atom is -0.480 e. The Labute approximate surface area is 220 Å². The van der Waals surface area contributed by atoms with Crippen molar-refractivity contribution in [1.82, 2.24) is 10.3 Å². The van der Waals surface area contributed by atoms with Crippen LogP contribution < -0.4 is 10.6 Å². The van der Waals surface area contributed by atoms with Crippen LogP contribution in [0.3, 0.4) is 0 Å². The van der Waals surface area contributed by atoms with E-state index in [2.05, 4.69) is 22.8 Å². The summed E-state index contributed by atoms with van der Waals surface area (Å²) in [6.07, 6.45) is 6.26. The number of nitrogens with one attached hydrogen (secondary N) is 2. The average molecular weight is 531 g/mol. The maximum absolute atomic E-state index is 12.6. The molecule has 1 aromatic carbocycles. The van der Waals surface area contributed by atoms with Gasteiger partial charge in [-0.05, 0) is 68.2 Å². The number of aryl methyl sites for hydroxylation is 2. The van der Waals surface area contributed by atoms with Crippen LogP contribution in [0.25, 0.3) is 0 Å². The van der Waals surface area contributed by atoms with Gasteiger partial charge in [0, 0.05) is 25.3 Å². The monoisotopic (exact) mass is 530 g/mol. The van der Waals surface area contributed by atoms with Crippen molar-refractivity contribution in [2.24, 2.45) is 5.92 Å². The fourth-order valence-corrected chi connectivity index (χ4v) is 5.18. The van der Waals surface area contributed by atoms with Gasteiger partial charge in [-0.3, -0.25) is 4.79 Å². The molecule has 1 amide bonds. The van der Waals surface area contributed by atoms with Gasteiger partial charge in [-0.1, -0.05) is 29.3 Å². The molecule has 0 unspecified atom stereocenters. The predicted octanol–water partition coefficient (Wildman–Crippen LogP) is 4.62. The van der Waals surface area contributed by atoms with Gasteiger partial charge in [0.05, 0.1) is 27.3 Å². The summed E-state index contributed by atoms with van der Waals surface area (Å²) < 4.78 is 5.85. The van der Waals surface area contributed by atoms with Gasteiger partial charge in [0.1, 0.15) is 17.9 Å². The molecule has 1 fully saturated rings. The molecule has 0 saturated heterocycles. The maximum atomic E-state index is 12.6. The highest BCUT2D eigenvalue weighted by Crippen LogP contribution is 2.34. The lowest BCUT2D eigenvalue weighted by Gasteiger charge is -2.35. The molecule has 0 bridgehead atoms. The molecule has 190 valence electrons. The number of fused-ring (bicyclic) bond motifs is 1. The van der Waals surface area contributed by atoms with Crippen molar-refractivity contribution in [3.63, 3.8) is 0 Å². The second-order valence-corrected chi connectivity index (χ2v) is 10.0. The van der Waals surface area contributed by atoms with Crippen molar-refractivity contribution in [2.45, 2.75) is 57.1 Å². The molecular weight excluding hydrogens is 503 g/mol. The van der Waals surface area contributed by atoms with E-state index in [-0.39, 0.29) is 40.3 Å². The van der Waals surface area contributed by atoms with Crippen molar-refractivity contribution in [1.29, 1.82) is 5.26 Å². The number of benzene rings is 1. The highest BCUT2D eigenvalue weighted by Gasteiger charge is 2.30. The molecule has 8 nitrogen and oxygen atoms in total. The van der Waals surface area contributed by atoms with Gasteiger partial charge in [-0.15, -0.1) is 0 Å². The fraction of sp³-hybridized carbons (Fsp3) is 0.462. The number of hydrogen-bond acceptors (Lipinski definition) is 6. The number of nitrogens with zero attached hydrogens (tertiary/aromatic N) is 2. The van der Waals surface area contributed by atoms with Crippen molar-refractivity contribution in [3.8, 4) is 6.07 Å². The second-order valence-electron chi connectivity index (χ2n) is 9.26. The Kier molecular flexibility index (Phi) is 8.68.